The van der Waals surface area contributed by atoms with Gasteiger partial charge in [-0.15, -0.1) is 0 Å². The fourth-order valence-corrected chi connectivity index (χ4v) is 2.41. The fourth-order valence-electron chi connectivity index (χ4n) is 2.27. The van der Waals surface area contributed by atoms with Gasteiger partial charge in [0.25, 0.3) is 3.79 Å². The number of carbonyl (C=O) groups is 1. The molecule has 24 heavy (non-hydrogen) atoms. The summed E-state index contributed by atoms with van der Waals surface area (Å²) in [7, 11) is 0. The molecule has 1 N–H and O–H groups in total. The highest BCUT2D eigenvalue weighted by Crippen LogP contribution is 2.33. The van der Waals surface area contributed by atoms with Gasteiger partial charge in [0.15, 0.2) is 6.10 Å². The van der Waals surface area contributed by atoms with Crippen LogP contribution in [-0.4, -0.2) is 34.2 Å². The van der Waals surface area contributed by atoms with Gasteiger partial charge in [-0.1, -0.05) is 59.9 Å². The van der Waals surface area contributed by atoms with Gasteiger partial charge in [0.05, 0.1) is 11.7 Å². The van der Waals surface area contributed by atoms with Gasteiger partial charge in [0, 0.05) is 0 Å². The van der Waals surface area contributed by atoms with Crippen LogP contribution in [0.1, 0.15) is 30.6 Å². The molecule has 1 aliphatic rings. The molecular weight excluding hydrogens is 377 g/mol. The van der Waals surface area contributed by atoms with Crippen molar-refractivity contribution >= 4 is 46.7 Å². The van der Waals surface area contributed by atoms with E-state index in [4.69, 9.17) is 54.4 Å². The first-order valence-electron chi connectivity index (χ1n) is 7.42. The van der Waals surface area contributed by atoms with E-state index in [0.717, 1.165) is 0 Å². The predicted octanol–water partition coefficient (Wildman–Crippen LogP) is 4.35. The summed E-state index contributed by atoms with van der Waals surface area (Å²) >= 11 is 16.9. The van der Waals surface area contributed by atoms with Gasteiger partial charge in [0.1, 0.15) is 0 Å². The lowest BCUT2D eigenvalue weighted by Crippen LogP contribution is -2.47. The van der Waals surface area contributed by atoms with E-state index in [1.54, 1.807) is 30.3 Å². The summed E-state index contributed by atoms with van der Waals surface area (Å²) in [5.41, 5.74) is 0.416. The first-order chi connectivity index (χ1) is 11.2. The van der Waals surface area contributed by atoms with Crippen LogP contribution < -0.4 is 0 Å². The highest BCUT2D eigenvalue weighted by molar-refractivity contribution is 6.76. The van der Waals surface area contributed by atoms with Crippen LogP contribution in [0.25, 0.3) is 0 Å². The largest absolute Gasteiger partial charge is 0.452 e. The zero-order chi connectivity index (χ0) is 17.9. The molecule has 0 amide bonds. The van der Waals surface area contributed by atoms with Crippen molar-refractivity contribution in [3.05, 3.63) is 35.9 Å². The van der Waals surface area contributed by atoms with Gasteiger partial charge in [-0.25, -0.2) is 4.79 Å². The second-order valence-electron chi connectivity index (χ2n) is 5.68. The molecule has 0 spiro atoms. The Bertz CT molecular complexity index is 591. The molecule has 1 aromatic carbocycles. The average molecular weight is 395 g/mol. The van der Waals surface area contributed by atoms with Crippen molar-refractivity contribution in [1.82, 2.24) is 0 Å². The molecule has 2 unspecified atom stereocenters. The molecule has 1 heterocycles. The lowest BCUT2D eigenvalue weighted by Gasteiger charge is -2.38. The maximum Gasteiger partial charge on any atom is 0.338 e. The molecule has 5 nitrogen and oxygen atoms in total. The molecule has 2 rings (SSSR count). The van der Waals surface area contributed by atoms with E-state index in [1.807, 2.05) is 13.8 Å². The lowest BCUT2D eigenvalue weighted by molar-refractivity contribution is -0.219. The van der Waals surface area contributed by atoms with Crippen LogP contribution in [0, 0.1) is 11.3 Å². The van der Waals surface area contributed by atoms with Gasteiger partial charge in [-0.2, -0.15) is 0 Å². The number of hydrogen-bond acceptors (Lipinski definition) is 5. The minimum atomic E-state index is -2.01. The summed E-state index contributed by atoms with van der Waals surface area (Å²) in [5, 5.41) is 7.69. The number of carbonyl (C=O) groups excluding carboxylic acids is 1. The van der Waals surface area contributed by atoms with Crippen molar-refractivity contribution in [2.45, 2.75) is 42.6 Å². The minimum Gasteiger partial charge on any atom is -0.452 e. The summed E-state index contributed by atoms with van der Waals surface area (Å²) < 4.78 is 14.5. The third kappa shape index (κ3) is 4.99. The highest BCUT2D eigenvalue weighted by atomic mass is 35.6. The van der Waals surface area contributed by atoms with E-state index in [0.29, 0.717) is 12.0 Å². The summed E-state index contributed by atoms with van der Waals surface area (Å²) in [6.45, 7) is 3.85. The predicted molar refractivity (Wildman–Crippen MR) is 92.9 cm³/mol. The Kier molecular flexibility index (Phi) is 6.37. The van der Waals surface area contributed by atoms with Crippen LogP contribution in [0.3, 0.4) is 0 Å². The number of benzene rings is 1. The number of rotatable bonds is 3. The number of esters is 1. The summed E-state index contributed by atoms with van der Waals surface area (Å²) in [6.07, 6.45) is -1.36. The molecule has 0 aliphatic carbocycles. The van der Waals surface area contributed by atoms with Gasteiger partial charge >= 0.3 is 5.97 Å². The van der Waals surface area contributed by atoms with Crippen LogP contribution >= 0.6 is 34.8 Å². The minimum absolute atomic E-state index is 0.139. The summed E-state index contributed by atoms with van der Waals surface area (Å²) in [6, 6.07) is 8.59. The fraction of sp³-hybridized carbons (Fsp3) is 0.500. The highest BCUT2D eigenvalue weighted by Gasteiger charge is 2.41. The SMILES string of the molecule is CC1O[C@@H](OC(=N)C(Cl)(Cl)Cl)C(OC(=O)c2ccccc2)C[C@H]1C. The van der Waals surface area contributed by atoms with E-state index in [1.165, 1.54) is 0 Å². The molecule has 0 bridgehead atoms. The molecule has 4 atom stereocenters. The molecule has 1 fully saturated rings. The standard InChI is InChI=1S/C16H18Cl3NO4/c1-9-8-12(23-13(21)11-6-4-3-5-7-11)14(22-10(9)2)24-15(20)16(17,18)19/h3-7,9-10,12,14,20H,8H2,1-2H3/t9-,10?,12?,14+/m1/s1. The Labute approximate surface area is 155 Å². The molecule has 132 valence electrons. The quantitative estimate of drug-likeness (QED) is 0.358. The Morgan fingerprint density at radius 2 is 1.83 bits per heavy atom. The van der Waals surface area contributed by atoms with E-state index in [9.17, 15) is 4.79 Å². The summed E-state index contributed by atoms with van der Waals surface area (Å²) in [4.78, 5) is 12.3. The smallest absolute Gasteiger partial charge is 0.338 e. The average Bonchev–Trinajstić information content (AvgIpc) is 2.52. The third-order valence-electron chi connectivity index (χ3n) is 3.82. The number of ether oxygens (including phenoxy) is 3. The van der Waals surface area contributed by atoms with Crippen molar-refractivity contribution in [1.29, 1.82) is 5.41 Å². The van der Waals surface area contributed by atoms with Gasteiger partial charge in [-0.3, -0.25) is 5.41 Å². The molecule has 1 saturated heterocycles. The van der Waals surface area contributed by atoms with Crippen molar-refractivity contribution < 1.29 is 19.0 Å². The Morgan fingerprint density at radius 3 is 2.42 bits per heavy atom. The molecule has 1 aromatic rings. The van der Waals surface area contributed by atoms with Crippen LogP contribution in [0.5, 0.6) is 0 Å². The Balaban J connectivity index is 2.11. The molecule has 0 radical (unpaired) electrons. The topological polar surface area (TPSA) is 68.6 Å². The second kappa shape index (κ2) is 7.91. The van der Waals surface area contributed by atoms with Crippen molar-refractivity contribution in [3.8, 4) is 0 Å². The summed E-state index contributed by atoms with van der Waals surface area (Å²) in [5.74, 6) is -0.944. The van der Waals surface area contributed by atoms with Crippen molar-refractivity contribution in [3.63, 3.8) is 0 Å². The van der Waals surface area contributed by atoms with Gasteiger partial charge < -0.3 is 14.2 Å². The lowest BCUT2D eigenvalue weighted by atomic mass is 9.95. The van der Waals surface area contributed by atoms with Crippen LogP contribution in [0.2, 0.25) is 0 Å². The van der Waals surface area contributed by atoms with Crippen molar-refractivity contribution in [2.24, 2.45) is 5.92 Å². The van der Waals surface area contributed by atoms with Crippen LogP contribution in [0.4, 0.5) is 0 Å². The zero-order valence-electron chi connectivity index (χ0n) is 13.2. The van der Waals surface area contributed by atoms with E-state index < -0.39 is 28.1 Å². The maximum atomic E-state index is 12.3. The van der Waals surface area contributed by atoms with Crippen LogP contribution in [-0.2, 0) is 14.2 Å². The van der Waals surface area contributed by atoms with E-state index in [-0.39, 0.29) is 12.0 Å². The molecule has 1 aliphatic heterocycles. The molecular formula is C16H18Cl3NO4. The van der Waals surface area contributed by atoms with Gasteiger partial charge in [-0.05, 0) is 31.4 Å². The second-order valence-corrected chi connectivity index (χ2v) is 7.96. The molecule has 0 saturated carbocycles. The van der Waals surface area contributed by atoms with E-state index in [2.05, 4.69) is 0 Å². The monoisotopic (exact) mass is 393 g/mol. The first kappa shape index (κ1) is 19.3. The normalized spacial score (nSPS) is 27.4. The third-order valence-corrected chi connectivity index (χ3v) is 4.33. The van der Waals surface area contributed by atoms with Crippen LogP contribution in [0.15, 0.2) is 30.3 Å². The van der Waals surface area contributed by atoms with Gasteiger partial charge in [0.2, 0.25) is 12.2 Å². The molecule has 0 aromatic heterocycles. The Hall–Kier alpha value is -1.01. The zero-order valence-corrected chi connectivity index (χ0v) is 15.4. The first-order valence-corrected chi connectivity index (χ1v) is 8.55. The maximum absolute atomic E-state index is 12.3. The number of hydrogen-bond donors (Lipinski definition) is 1. The van der Waals surface area contributed by atoms with E-state index >= 15 is 0 Å². The number of halogens is 3. The Morgan fingerprint density at radius 1 is 1.21 bits per heavy atom. The van der Waals surface area contributed by atoms with Crippen molar-refractivity contribution in [2.75, 3.05) is 0 Å². The number of alkyl halides is 3. The molecule has 8 heteroatoms. The number of nitrogens with one attached hydrogen (secondary N) is 1.